The predicted octanol–water partition coefficient (Wildman–Crippen LogP) is 3.51. The number of halogens is 3. The quantitative estimate of drug-likeness (QED) is 0.761. The Balaban J connectivity index is 1.97. The van der Waals surface area contributed by atoms with Gasteiger partial charge in [0.05, 0.1) is 11.2 Å². The van der Waals surface area contributed by atoms with Gasteiger partial charge in [-0.15, -0.1) is 0 Å². The lowest BCUT2D eigenvalue weighted by molar-refractivity contribution is 0.493. The van der Waals surface area contributed by atoms with E-state index in [0.29, 0.717) is 23.4 Å². The van der Waals surface area contributed by atoms with Crippen LogP contribution in [0.4, 0.5) is 19.1 Å². The van der Waals surface area contributed by atoms with Gasteiger partial charge in [-0.05, 0) is 31.2 Å². The van der Waals surface area contributed by atoms with Gasteiger partial charge in [-0.3, -0.25) is 0 Å². The Kier molecular flexibility index (Phi) is 4.24. The van der Waals surface area contributed by atoms with Crippen molar-refractivity contribution in [2.24, 2.45) is 0 Å². The average molecular weight is 358 g/mol. The molecule has 1 aliphatic rings. The molecule has 0 bridgehead atoms. The molecular weight excluding hydrogens is 341 g/mol. The van der Waals surface area contributed by atoms with Crippen molar-refractivity contribution in [1.29, 1.82) is 0 Å². The van der Waals surface area contributed by atoms with E-state index in [1.165, 1.54) is 30.3 Å². The Labute approximate surface area is 148 Å². The van der Waals surface area contributed by atoms with Gasteiger partial charge in [0.15, 0.2) is 11.6 Å². The largest absolute Gasteiger partial charge is 0.336 e. The van der Waals surface area contributed by atoms with Crippen LogP contribution in [0.3, 0.4) is 0 Å². The van der Waals surface area contributed by atoms with E-state index in [4.69, 9.17) is 0 Å². The monoisotopic (exact) mass is 358 g/mol. The summed E-state index contributed by atoms with van der Waals surface area (Å²) in [5, 5.41) is 3.75. The molecule has 7 heteroatoms. The molecule has 0 radical (unpaired) electrons. The minimum absolute atomic E-state index is 0.0352. The molecule has 1 aromatic heterocycles. The normalized spacial score (nSPS) is 17.7. The molecule has 0 aliphatic carbocycles. The zero-order valence-electron chi connectivity index (χ0n) is 14.1. The van der Waals surface area contributed by atoms with E-state index in [1.807, 2.05) is 11.8 Å². The van der Waals surface area contributed by atoms with Gasteiger partial charge in [-0.25, -0.2) is 23.1 Å². The van der Waals surface area contributed by atoms with Crippen LogP contribution in [0.2, 0.25) is 0 Å². The van der Waals surface area contributed by atoms with Crippen LogP contribution < -0.4 is 10.2 Å². The summed E-state index contributed by atoms with van der Waals surface area (Å²) in [4.78, 5) is 11.0. The van der Waals surface area contributed by atoms with Crippen LogP contribution >= 0.6 is 0 Å². The number of hydrogen-bond acceptors (Lipinski definition) is 4. The second-order valence-electron chi connectivity index (χ2n) is 6.38. The second kappa shape index (κ2) is 6.57. The summed E-state index contributed by atoms with van der Waals surface area (Å²) in [5.41, 5.74) is 0.653. The highest BCUT2D eigenvalue weighted by atomic mass is 19.2. The molecule has 26 heavy (non-hydrogen) atoms. The third-order valence-electron chi connectivity index (χ3n) is 4.61. The average Bonchev–Trinajstić information content (AvgIpc) is 2.63. The van der Waals surface area contributed by atoms with Gasteiger partial charge < -0.3 is 10.2 Å². The SMILES string of the molecule is C[C@@H]1CNCCN1c1nc(-c2cccc(F)c2F)c2ccc(F)cc2n1. The molecule has 2 aromatic carbocycles. The number of hydrogen-bond donors (Lipinski definition) is 1. The topological polar surface area (TPSA) is 41.0 Å². The number of aromatic nitrogens is 2. The van der Waals surface area contributed by atoms with Crippen LogP contribution in [0.5, 0.6) is 0 Å². The Hall–Kier alpha value is -2.67. The summed E-state index contributed by atoms with van der Waals surface area (Å²) in [6.45, 7) is 4.22. The first-order valence-electron chi connectivity index (χ1n) is 8.43. The van der Waals surface area contributed by atoms with Crippen molar-refractivity contribution in [3.8, 4) is 11.3 Å². The van der Waals surface area contributed by atoms with Gasteiger partial charge in [-0.2, -0.15) is 0 Å². The third-order valence-corrected chi connectivity index (χ3v) is 4.61. The number of nitrogens with one attached hydrogen (secondary N) is 1. The fourth-order valence-corrected chi connectivity index (χ4v) is 3.25. The standard InChI is InChI=1S/C19H17F3N4/c1-11-10-23-7-8-26(11)19-24-16-9-12(20)5-6-13(16)18(25-19)14-3-2-4-15(21)17(14)22/h2-6,9,11,23H,7-8,10H2,1H3/t11-/m1/s1. The summed E-state index contributed by atoms with van der Waals surface area (Å²) in [6, 6.07) is 8.12. The highest BCUT2D eigenvalue weighted by molar-refractivity contribution is 5.93. The molecule has 1 N–H and O–H groups in total. The summed E-state index contributed by atoms with van der Waals surface area (Å²) >= 11 is 0. The van der Waals surface area contributed by atoms with Crippen molar-refractivity contribution in [3.05, 3.63) is 53.8 Å². The molecule has 1 saturated heterocycles. The van der Waals surface area contributed by atoms with Crippen LogP contribution in [0.1, 0.15) is 6.92 Å². The summed E-state index contributed by atoms with van der Waals surface area (Å²) < 4.78 is 41.9. The molecule has 4 rings (SSSR count). The number of rotatable bonds is 2. The molecule has 2 heterocycles. The molecule has 0 spiro atoms. The van der Waals surface area contributed by atoms with Crippen LogP contribution in [-0.2, 0) is 0 Å². The Morgan fingerprint density at radius 3 is 2.77 bits per heavy atom. The van der Waals surface area contributed by atoms with Crippen molar-refractivity contribution in [3.63, 3.8) is 0 Å². The molecule has 3 aromatic rings. The maximum atomic E-state index is 14.4. The molecular formula is C19H17F3N4. The Morgan fingerprint density at radius 1 is 1.12 bits per heavy atom. The third kappa shape index (κ3) is 2.88. The minimum Gasteiger partial charge on any atom is -0.336 e. The van der Waals surface area contributed by atoms with Crippen LogP contribution in [0.25, 0.3) is 22.2 Å². The minimum atomic E-state index is -0.976. The molecule has 1 atom stereocenters. The van der Waals surface area contributed by atoms with Crippen molar-refractivity contribution >= 4 is 16.9 Å². The Bertz CT molecular complexity index is 976. The van der Waals surface area contributed by atoms with E-state index in [-0.39, 0.29) is 17.3 Å². The highest BCUT2D eigenvalue weighted by Crippen LogP contribution is 2.31. The first-order chi connectivity index (χ1) is 12.5. The van der Waals surface area contributed by atoms with Gasteiger partial charge in [0.2, 0.25) is 5.95 Å². The fourth-order valence-electron chi connectivity index (χ4n) is 3.25. The number of anilines is 1. The van der Waals surface area contributed by atoms with Crippen LogP contribution in [0.15, 0.2) is 36.4 Å². The van der Waals surface area contributed by atoms with Crippen molar-refractivity contribution in [2.45, 2.75) is 13.0 Å². The van der Waals surface area contributed by atoms with E-state index in [1.54, 1.807) is 0 Å². The molecule has 0 unspecified atom stereocenters. The zero-order chi connectivity index (χ0) is 18.3. The molecule has 134 valence electrons. The van der Waals surface area contributed by atoms with E-state index >= 15 is 0 Å². The van der Waals surface area contributed by atoms with E-state index in [0.717, 1.165) is 19.2 Å². The van der Waals surface area contributed by atoms with Gasteiger partial charge in [0.1, 0.15) is 5.82 Å². The molecule has 1 fully saturated rings. The summed E-state index contributed by atoms with van der Waals surface area (Å²) in [6.07, 6.45) is 0. The second-order valence-corrected chi connectivity index (χ2v) is 6.38. The molecule has 0 amide bonds. The highest BCUT2D eigenvalue weighted by Gasteiger charge is 2.23. The predicted molar refractivity (Wildman–Crippen MR) is 94.5 cm³/mol. The first kappa shape index (κ1) is 16.8. The number of benzene rings is 2. The van der Waals surface area contributed by atoms with Gasteiger partial charge in [-0.1, -0.05) is 6.07 Å². The smallest absolute Gasteiger partial charge is 0.226 e. The molecule has 0 saturated carbocycles. The van der Waals surface area contributed by atoms with Gasteiger partial charge >= 0.3 is 0 Å². The molecule has 1 aliphatic heterocycles. The first-order valence-corrected chi connectivity index (χ1v) is 8.43. The lowest BCUT2D eigenvalue weighted by atomic mass is 10.1. The number of fused-ring (bicyclic) bond motifs is 1. The maximum absolute atomic E-state index is 14.4. The van der Waals surface area contributed by atoms with E-state index in [9.17, 15) is 13.2 Å². The lowest BCUT2D eigenvalue weighted by Crippen LogP contribution is -2.50. The van der Waals surface area contributed by atoms with Crippen molar-refractivity contribution < 1.29 is 13.2 Å². The summed E-state index contributed by atoms with van der Waals surface area (Å²) in [5.74, 6) is -1.98. The van der Waals surface area contributed by atoms with Gasteiger partial charge in [0.25, 0.3) is 0 Å². The zero-order valence-corrected chi connectivity index (χ0v) is 14.1. The van der Waals surface area contributed by atoms with Crippen LogP contribution in [-0.4, -0.2) is 35.6 Å². The Morgan fingerprint density at radius 2 is 1.96 bits per heavy atom. The lowest BCUT2D eigenvalue weighted by Gasteiger charge is -2.34. The fraction of sp³-hybridized carbons (Fsp3) is 0.263. The van der Waals surface area contributed by atoms with E-state index < -0.39 is 17.5 Å². The van der Waals surface area contributed by atoms with Crippen molar-refractivity contribution in [2.75, 3.05) is 24.5 Å². The molecule has 4 nitrogen and oxygen atoms in total. The van der Waals surface area contributed by atoms with Gasteiger partial charge in [0, 0.05) is 42.7 Å². The van der Waals surface area contributed by atoms with Crippen LogP contribution in [0, 0.1) is 17.5 Å². The van der Waals surface area contributed by atoms with E-state index in [2.05, 4.69) is 15.3 Å². The maximum Gasteiger partial charge on any atom is 0.226 e. The summed E-state index contributed by atoms with van der Waals surface area (Å²) in [7, 11) is 0. The number of nitrogens with zero attached hydrogens (tertiary/aromatic N) is 3. The number of piperazine rings is 1. The van der Waals surface area contributed by atoms with Crippen molar-refractivity contribution in [1.82, 2.24) is 15.3 Å².